The summed E-state index contributed by atoms with van der Waals surface area (Å²) in [6.45, 7) is 0. The van der Waals surface area contributed by atoms with Crippen molar-refractivity contribution in [2.24, 2.45) is 5.73 Å². The third-order valence-corrected chi connectivity index (χ3v) is 4.44. The van der Waals surface area contributed by atoms with Gasteiger partial charge in [0.05, 0.1) is 17.7 Å². The van der Waals surface area contributed by atoms with E-state index in [-0.39, 0.29) is 5.91 Å². The Morgan fingerprint density at radius 2 is 1.79 bits per heavy atom. The van der Waals surface area contributed by atoms with Crippen LogP contribution in [0, 0.1) is 11.3 Å². The summed E-state index contributed by atoms with van der Waals surface area (Å²) in [5.74, 6) is 0.333. The average molecular weight is 380 g/mol. The number of benzene rings is 2. The summed E-state index contributed by atoms with van der Waals surface area (Å²) in [7, 11) is 0. The quantitative estimate of drug-likeness (QED) is 0.583. The molecule has 0 fully saturated rings. The normalized spacial score (nSPS) is 11.6. The van der Waals surface area contributed by atoms with E-state index in [1.165, 1.54) is 4.68 Å². The lowest BCUT2D eigenvalue weighted by Gasteiger charge is -2.12. The summed E-state index contributed by atoms with van der Waals surface area (Å²) < 4.78 is 1.23. The minimum atomic E-state index is -0.737. The van der Waals surface area contributed by atoms with E-state index in [1.807, 2.05) is 6.07 Å². The molecule has 0 bridgehead atoms. The predicted molar refractivity (Wildman–Crippen MR) is 107 cm³/mol. The van der Waals surface area contributed by atoms with Gasteiger partial charge in [-0.3, -0.25) is 9.78 Å². The zero-order valence-corrected chi connectivity index (χ0v) is 15.3. The maximum Gasteiger partial charge on any atom is 0.279 e. The molecule has 2 aromatic heterocycles. The van der Waals surface area contributed by atoms with Crippen molar-refractivity contribution in [3.8, 4) is 17.5 Å². The number of nitrogens with two attached hydrogens (primary N) is 1. The molecule has 1 atom stereocenters. The molecule has 0 amide bonds. The zero-order chi connectivity index (χ0) is 20.2. The number of hydrogen-bond acceptors (Lipinski definition) is 6. The van der Waals surface area contributed by atoms with Crippen molar-refractivity contribution in [3.05, 3.63) is 102 Å². The Labute approximate surface area is 167 Å². The number of carbonyl (C=O) groups is 1. The van der Waals surface area contributed by atoms with Crippen LogP contribution < -0.4 is 5.73 Å². The van der Waals surface area contributed by atoms with Crippen molar-refractivity contribution in [1.82, 2.24) is 19.7 Å². The van der Waals surface area contributed by atoms with Crippen LogP contribution in [0.25, 0.3) is 11.4 Å². The monoisotopic (exact) mass is 380 g/mol. The first-order chi connectivity index (χ1) is 14.2. The van der Waals surface area contributed by atoms with Crippen molar-refractivity contribution in [1.29, 1.82) is 5.26 Å². The molecule has 0 saturated carbocycles. The molecule has 0 saturated heterocycles. The van der Waals surface area contributed by atoms with Crippen LogP contribution in [0.2, 0.25) is 0 Å². The number of aromatic nitrogens is 4. The van der Waals surface area contributed by atoms with Gasteiger partial charge in [0.1, 0.15) is 0 Å². The van der Waals surface area contributed by atoms with Crippen molar-refractivity contribution < 1.29 is 4.79 Å². The second kappa shape index (κ2) is 7.84. The maximum atomic E-state index is 13.1. The van der Waals surface area contributed by atoms with E-state index in [1.54, 1.807) is 73.1 Å². The summed E-state index contributed by atoms with van der Waals surface area (Å²) in [6.07, 6.45) is 3.26. The van der Waals surface area contributed by atoms with Gasteiger partial charge in [0.15, 0.2) is 11.6 Å². The van der Waals surface area contributed by atoms with Crippen LogP contribution in [0.3, 0.4) is 0 Å². The molecule has 0 radical (unpaired) electrons. The van der Waals surface area contributed by atoms with Crippen LogP contribution in [-0.4, -0.2) is 25.7 Å². The Morgan fingerprint density at radius 1 is 1.03 bits per heavy atom. The fourth-order valence-electron chi connectivity index (χ4n) is 2.95. The van der Waals surface area contributed by atoms with Crippen LogP contribution in [0.1, 0.15) is 33.4 Å². The second-order valence-corrected chi connectivity index (χ2v) is 6.33. The molecular weight excluding hydrogens is 364 g/mol. The topological polar surface area (TPSA) is 110 Å². The zero-order valence-electron chi connectivity index (χ0n) is 15.3. The molecule has 4 rings (SSSR count). The lowest BCUT2D eigenvalue weighted by molar-refractivity contribution is 0.0940. The average Bonchev–Trinajstić information content (AvgIpc) is 3.24. The molecule has 2 heterocycles. The molecule has 4 aromatic rings. The lowest BCUT2D eigenvalue weighted by atomic mass is 10.0. The SMILES string of the molecule is N#Cc1cccc(C(N)c2nc(-c3ccncc3)nn2C(=O)c2ccccc2)c1. The van der Waals surface area contributed by atoms with E-state index in [2.05, 4.69) is 21.1 Å². The van der Waals surface area contributed by atoms with Crippen molar-refractivity contribution in [2.45, 2.75) is 6.04 Å². The highest BCUT2D eigenvalue weighted by atomic mass is 16.2. The summed E-state index contributed by atoms with van der Waals surface area (Å²) in [5.41, 5.74) is 8.79. The van der Waals surface area contributed by atoms with Crippen molar-refractivity contribution >= 4 is 5.91 Å². The van der Waals surface area contributed by atoms with Gasteiger partial charge in [0, 0.05) is 23.5 Å². The minimum Gasteiger partial charge on any atom is -0.318 e. The number of rotatable bonds is 4. The van der Waals surface area contributed by atoms with Gasteiger partial charge in [0.25, 0.3) is 5.91 Å². The minimum absolute atomic E-state index is 0.292. The van der Waals surface area contributed by atoms with E-state index in [0.717, 1.165) is 5.56 Å². The fourth-order valence-corrected chi connectivity index (χ4v) is 2.95. The van der Waals surface area contributed by atoms with Gasteiger partial charge in [-0.2, -0.15) is 9.94 Å². The molecule has 1 unspecified atom stereocenters. The van der Waals surface area contributed by atoms with Gasteiger partial charge in [-0.25, -0.2) is 4.98 Å². The molecule has 0 aliphatic rings. The molecule has 140 valence electrons. The van der Waals surface area contributed by atoms with E-state index >= 15 is 0 Å². The molecule has 2 aromatic carbocycles. The molecular formula is C22H16N6O. The molecule has 0 spiro atoms. The number of carbonyl (C=O) groups excluding carboxylic acids is 1. The first-order valence-corrected chi connectivity index (χ1v) is 8.90. The van der Waals surface area contributed by atoms with Gasteiger partial charge in [-0.05, 0) is 42.0 Å². The van der Waals surface area contributed by atoms with Crippen LogP contribution in [-0.2, 0) is 0 Å². The number of nitrogens with zero attached hydrogens (tertiary/aromatic N) is 5. The van der Waals surface area contributed by atoms with Gasteiger partial charge < -0.3 is 5.73 Å². The molecule has 0 aliphatic carbocycles. The fraction of sp³-hybridized carbons (Fsp3) is 0.0455. The number of hydrogen-bond donors (Lipinski definition) is 1. The Bertz CT molecular complexity index is 1190. The van der Waals surface area contributed by atoms with Crippen LogP contribution >= 0.6 is 0 Å². The predicted octanol–water partition coefficient (Wildman–Crippen LogP) is 2.95. The van der Waals surface area contributed by atoms with E-state index in [0.29, 0.717) is 28.3 Å². The summed E-state index contributed by atoms with van der Waals surface area (Å²) in [4.78, 5) is 21.7. The van der Waals surface area contributed by atoms with Gasteiger partial charge >= 0.3 is 0 Å². The van der Waals surface area contributed by atoms with Gasteiger partial charge in [-0.15, -0.1) is 5.10 Å². The second-order valence-electron chi connectivity index (χ2n) is 6.33. The molecule has 2 N–H and O–H groups in total. The van der Waals surface area contributed by atoms with Crippen molar-refractivity contribution in [2.75, 3.05) is 0 Å². The third kappa shape index (κ3) is 3.65. The highest BCUT2D eigenvalue weighted by molar-refractivity contribution is 5.95. The number of pyridine rings is 1. The molecule has 29 heavy (non-hydrogen) atoms. The highest BCUT2D eigenvalue weighted by Crippen LogP contribution is 2.23. The van der Waals surface area contributed by atoms with Crippen LogP contribution in [0.5, 0.6) is 0 Å². The largest absolute Gasteiger partial charge is 0.318 e. The van der Waals surface area contributed by atoms with E-state index < -0.39 is 6.04 Å². The summed E-state index contributed by atoms with van der Waals surface area (Å²) in [5, 5.41) is 13.6. The smallest absolute Gasteiger partial charge is 0.279 e. The molecule has 7 heteroatoms. The van der Waals surface area contributed by atoms with Crippen LogP contribution in [0.4, 0.5) is 0 Å². The first-order valence-electron chi connectivity index (χ1n) is 8.90. The number of nitriles is 1. The Kier molecular flexibility index (Phi) is 4.93. The van der Waals surface area contributed by atoms with Crippen LogP contribution in [0.15, 0.2) is 79.1 Å². The third-order valence-electron chi connectivity index (χ3n) is 4.44. The standard InChI is InChI=1S/C22H16N6O/c23-14-15-5-4-8-18(13-15)19(24)21-26-20(16-9-11-25-12-10-16)27-28(21)22(29)17-6-2-1-3-7-17/h1-13,19H,24H2. The summed E-state index contributed by atoms with van der Waals surface area (Å²) >= 11 is 0. The summed E-state index contributed by atoms with van der Waals surface area (Å²) in [6, 6.07) is 20.6. The first kappa shape index (κ1) is 18.2. The Hall–Kier alpha value is -4.15. The Balaban J connectivity index is 1.84. The maximum absolute atomic E-state index is 13.1. The van der Waals surface area contributed by atoms with Gasteiger partial charge in [0.2, 0.25) is 0 Å². The highest BCUT2D eigenvalue weighted by Gasteiger charge is 2.24. The molecule has 0 aliphatic heterocycles. The Morgan fingerprint density at radius 3 is 2.52 bits per heavy atom. The lowest BCUT2D eigenvalue weighted by Crippen LogP contribution is -2.23. The van der Waals surface area contributed by atoms with E-state index in [4.69, 9.17) is 5.73 Å². The molecule has 7 nitrogen and oxygen atoms in total. The van der Waals surface area contributed by atoms with E-state index in [9.17, 15) is 10.1 Å². The van der Waals surface area contributed by atoms with Crippen molar-refractivity contribution in [3.63, 3.8) is 0 Å². The van der Waals surface area contributed by atoms with Gasteiger partial charge in [-0.1, -0.05) is 30.3 Å².